The Hall–Kier alpha value is -2.66. The normalized spacial score (nSPS) is 15.8. The van der Waals surface area contributed by atoms with E-state index in [1.807, 2.05) is 12.4 Å². The van der Waals surface area contributed by atoms with Gasteiger partial charge in [0.05, 0.1) is 6.20 Å². The van der Waals surface area contributed by atoms with Crippen molar-refractivity contribution in [1.82, 2.24) is 20.1 Å². The van der Waals surface area contributed by atoms with Gasteiger partial charge in [0.2, 0.25) is 0 Å². The first-order chi connectivity index (χ1) is 13.7. The van der Waals surface area contributed by atoms with Gasteiger partial charge in [0.25, 0.3) is 0 Å². The summed E-state index contributed by atoms with van der Waals surface area (Å²) in [5, 5.41) is 11.0. The van der Waals surface area contributed by atoms with Crippen LogP contribution in [0.2, 0.25) is 0 Å². The molecule has 0 unspecified atom stereocenters. The standard InChI is InChI=1S/C23H29N5/c1-17(2)23-21(15-25-27-23)19-8-11-24-22(14-19)26-20-9-12-28(13-10-20)16-18-6-4-3-5-7-18/h3-8,11,14-15,17,20H,9-10,12-13,16H2,1-2H3,(H,24,26)(H,25,27). The van der Waals surface area contributed by atoms with Gasteiger partial charge in [0.15, 0.2) is 0 Å². The molecule has 1 saturated heterocycles. The van der Waals surface area contributed by atoms with Gasteiger partial charge >= 0.3 is 0 Å². The lowest BCUT2D eigenvalue weighted by atomic mass is 10.0. The van der Waals surface area contributed by atoms with Crippen LogP contribution in [-0.2, 0) is 6.54 Å². The summed E-state index contributed by atoms with van der Waals surface area (Å²) in [5.74, 6) is 1.37. The summed E-state index contributed by atoms with van der Waals surface area (Å²) in [5.41, 5.74) is 4.89. The van der Waals surface area contributed by atoms with Crippen LogP contribution in [0.4, 0.5) is 5.82 Å². The highest BCUT2D eigenvalue weighted by Crippen LogP contribution is 2.28. The maximum absolute atomic E-state index is 4.55. The molecule has 28 heavy (non-hydrogen) atoms. The summed E-state index contributed by atoms with van der Waals surface area (Å²) in [6.45, 7) is 7.64. The lowest BCUT2D eigenvalue weighted by Gasteiger charge is -2.32. The second kappa shape index (κ2) is 8.57. The maximum Gasteiger partial charge on any atom is 0.126 e. The van der Waals surface area contributed by atoms with Crippen molar-refractivity contribution in [2.45, 2.75) is 45.2 Å². The summed E-state index contributed by atoms with van der Waals surface area (Å²) in [4.78, 5) is 7.09. The number of likely N-dealkylation sites (tertiary alicyclic amines) is 1. The van der Waals surface area contributed by atoms with Crippen molar-refractivity contribution in [3.05, 3.63) is 66.1 Å². The highest BCUT2D eigenvalue weighted by molar-refractivity contribution is 5.68. The smallest absolute Gasteiger partial charge is 0.126 e. The molecule has 1 aliphatic heterocycles. The minimum Gasteiger partial charge on any atom is -0.367 e. The summed E-state index contributed by atoms with van der Waals surface area (Å²) in [7, 11) is 0. The van der Waals surface area contributed by atoms with E-state index in [1.165, 1.54) is 11.3 Å². The molecule has 5 nitrogen and oxygen atoms in total. The van der Waals surface area contributed by atoms with Gasteiger partial charge in [-0.2, -0.15) is 5.10 Å². The van der Waals surface area contributed by atoms with Crippen molar-refractivity contribution in [1.29, 1.82) is 0 Å². The van der Waals surface area contributed by atoms with Gasteiger partial charge < -0.3 is 5.32 Å². The third-order valence-corrected chi connectivity index (χ3v) is 5.51. The molecule has 2 N–H and O–H groups in total. The Labute approximate surface area is 167 Å². The fraction of sp³-hybridized carbons (Fsp3) is 0.391. The van der Waals surface area contributed by atoms with Crippen molar-refractivity contribution in [3.8, 4) is 11.1 Å². The van der Waals surface area contributed by atoms with Crippen LogP contribution in [0.1, 0.15) is 43.9 Å². The first-order valence-electron chi connectivity index (χ1n) is 10.2. The molecule has 0 saturated carbocycles. The second-order valence-electron chi connectivity index (χ2n) is 7.96. The number of rotatable bonds is 6. The van der Waals surface area contributed by atoms with Crippen molar-refractivity contribution in [2.24, 2.45) is 0 Å². The molecular formula is C23H29N5. The Morgan fingerprint density at radius 2 is 1.93 bits per heavy atom. The van der Waals surface area contributed by atoms with Crippen LogP contribution in [-0.4, -0.2) is 39.2 Å². The number of hydrogen-bond donors (Lipinski definition) is 2. The SMILES string of the molecule is CC(C)c1[nH]ncc1-c1ccnc(NC2CCN(Cc3ccccc3)CC2)c1. The third-order valence-electron chi connectivity index (χ3n) is 5.51. The monoisotopic (exact) mass is 375 g/mol. The van der Waals surface area contributed by atoms with Gasteiger partial charge in [-0.05, 0) is 42.0 Å². The van der Waals surface area contributed by atoms with Crippen LogP contribution in [0.3, 0.4) is 0 Å². The number of piperidine rings is 1. The summed E-state index contributed by atoms with van der Waals surface area (Å²) in [6.07, 6.45) is 6.08. The zero-order chi connectivity index (χ0) is 19.3. The molecule has 1 aromatic carbocycles. The van der Waals surface area contributed by atoms with E-state index >= 15 is 0 Å². The van der Waals surface area contributed by atoms with Crippen molar-refractivity contribution in [3.63, 3.8) is 0 Å². The maximum atomic E-state index is 4.55. The molecule has 0 bridgehead atoms. The lowest BCUT2D eigenvalue weighted by Crippen LogP contribution is -2.38. The summed E-state index contributed by atoms with van der Waals surface area (Å²) >= 11 is 0. The Morgan fingerprint density at radius 1 is 1.14 bits per heavy atom. The average molecular weight is 376 g/mol. The van der Waals surface area contributed by atoms with E-state index in [1.54, 1.807) is 0 Å². The molecule has 1 aliphatic rings. The van der Waals surface area contributed by atoms with Gasteiger partial charge in [-0.25, -0.2) is 4.98 Å². The Balaban J connectivity index is 1.36. The number of anilines is 1. The van der Waals surface area contributed by atoms with E-state index in [0.29, 0.717) is 12.0 Å². The second-order valence-corrected chi connectivity index (χ2v) is 7.96. The van der Waals surface area contributed by atoms with Crippen molar-refractivity contribution < 1.29 is 0 Å². The number of H-pyrrole nitrogens is 1. The number of benzene rings is 1. The van der Waals surface area contributed by atoms with E-state index in [4.69, 9.17) is 0 Å². The third kappa shape index (κ3) is 4.42. The zero-order valence-corrected chi connectivity index (χ0v) is 16.7. The minimum absolute atomic E-state index is 0.413. The molecule has 0 atom stereocenters. The molecule has 146 valence electrons. The first-order valence-corrected chi connectivity index (χ1v) is 10.2. The van der Waals surface area contributed by atoms with Gasteiger partial charge in [0.1, 0.15) is 5.82 Å². The van der Waals surface area contributed by atoms with E-state index in [9.17, 15) is 0 Å². The van der Waals surface area contributed by atoms with Gasteiger partial charge in [-0.3, -0.25) is 10.00 Å². The topological polar surface area (TPSA) is 56.8 Å². The molecule has 0 aliphatic carbocycles. The molecule has 5 heteroatoms. The fourth-order valence-corrected chi connectivity index (χ4v) is 3.93. The molecule has 1 fully saturated rings. The summed E-state index contributed by atoms with van der Waals surface area (Å²) in [6, 6.07) is 15.4. The lowest BCUT2D eigenvalue weighted by molar-refractivity contribution is 0.211. The number of nitrogens with one attached hydrogen (secondary N) is 2. The quantitative estimate of drug-likeness (QED) is 0.657. The van der Waals surface area contributed by atoms with Crippen LogP contribution in [0.5, 0.6) is 0 Å². The molecular weight excluding hydrogens is 346 g/mol. The predicted octanol–water partition coefficient (Wildman–Crippen LogP) is 4.67. The highest BCUT2D eigenvalue weighted by Gasteiger charge is 2.20. The Morgan fingerprint density at radius 3 is 2.68 bits per heavy atom. The van der Waals surface area contributed by atoms with Crippen molar-refractivity contribution >= 4 is 5.82 Å². The molecule has 3 aromatic rings. The Bertz CT molecular complexity index is 879. The first kappa shape index (κ1) is 18.7. The number of aromatic nitrogens is 3. The van der Waals surface area contributed by atoms with Crippen LogP contribution < -0.4 is 5.32 Å². The van der Waals surface area contributed by atoms with Crippen LogP contribution in [0.25, 0.3) is 11.1 Å². The molecule has 0 amide bonds. The highest BCUT2D eigenvalue weighted by atomic mass is 15.1. The van der Waals surface area contributed by atoms with E-state index < -0.39 is 0 Å². The van der Waals surface area contributed by atoms with Gasteiger partial charge in [-0.15, -0.1) is 0 Å². The van der Waals surface area contributed by atoms with E-state index in [-0.39, 0.29) is 0 Å². The number of hydrogen-bond acceptors (Lipinski definition) is 4. The summed E-state index contributed by atoms with van der Waals surface area (Å²) < 4.78 is 0. The van der Waals surface area contributed by atoms with Gasteiger partial charge in [0, 0.05) is 43.1 Å². The predicted molar refractivity (Wildman–Crippen MR) is 114 cm³/mol. The average Bonchev–Trinajstić information content (AvgIpc) is 3.21. The minimum atomic E-state index is 0.413. The van der Waals surface area contributed by atoms with E-state index in [0.717, 1.165) is 49.4 Å². The fourth-order valence-electron chi connectivity index (χ4n) is 3.93. The molecule has 3 heterocycles. The molecule has 0 spiro atoms. The van der Waals surface area contributed by atoms with E-state index in [2.05, 4.69) is 81.7 Å². The zero-order valence-electron chi connectivity index (χ0n) is 16.7. The largest absolute Gasteiger partial charge is 0.367 e. The molecule has 2 aromatic heterocycles. The van der Waals surface area contributed by atoms with Crippen LogP contribution >= 0.6 is 0 Å². The Kier molecular flexibility index (Phi) is 5.72. The number of pyridine rings is 1. The molecule has 0 radical (unpaired) electrons. The van der Waals surface area contributed by atoms with Crippen LogP contribution in [0.15, 0.2) is 54.9 Å². The van der Waals surface area contributed by atoms with Crippen LogP contribution in [0, 0.1) is 0 Å². The number of aromatic amines is 1. The molecule has 4 rings (SSSR count). The number of nitrogens with zero attached hydrogens (tertiary/aromatic N) is 3. The van der Waals surface area contributed by atoms with Gasteiger partial charge in [-0.1, -0.05) is 44.2 Å². The van der Waals surface area contributed by atoms with Crippen molar-refractivity contribution in [2.75, 3.05) is 18.4 Å².